The van der Waals surface area contributed by atoms with Gasteiger partial charge in [-0.1, -0.05) is 29.8 Å². The van der Waals surface area contributed by atoms with Gasteiger partial charge < -0.3 is 4.74 Å². The minimum absolute atomic E-state index is 0.252. The van der Waals surface area contributed by atoms with Crippen LogP contribution in [-0.4, -0.2) is 55.8 Å². The number of pyridine rings is 1. The van der Waals surface area contributed by atoms with Crippen LogP contribution in [0.2, 0.25) is 5.02 Å². The Labute approximate surface area is 165 Å². The molecule has 0 N–H and O–H groups in total. The van der Waals surface area contributed by atoms with E-state index < -0.39 is 16.3 Å². The number of ether oxygens (including phenoxy) is 1. The molecule has 1 aliphatic rings. The molecule has 1 aromatic heterocycles. The molecule has 146 valence electrons. The average molecular weight is 410 g/mol. The fraction of sp³-hybridized carbons (Fsp3) is 0.421. The highest BCUT2D eigenvalue weighted by molar-refractivity contribution is 7.86. The van der Waals surface area contributed by atoms with Crippen LogP contribution >= 0.6 is 11.6 Å². The van der Waals surface area contributed by atoms with E-state index in [1.165, 1.54) is 22.7 Å². The number of rotatable bonds is 5. The molecule has 1 aromatic carbocycles. The van der Waals surface area contributed by atoms with Gasteiger partial charge >= 0.3 is 0 Å². The van der Waals surface area contributed by atoms with E-state index in [1.807, 2.05) is 43.3 Å². The van der Waals surface area contributed by atoms with E-state index in [-0.39, 0.29) is 6.54 Å². The Hall–Kier alpha value is -1.51. The molecule has 27 heavy (non-hydrogen) atoms. The maximum atomic E-state index is 12.4. The van der Waals surface area contributed by atoms with Crippen molar-refractivity contribution in [3.8, 4) is 0 Å². The number of hydrogen-bond acceptors (Lipinski definition) is 4. The SMILES string of the molecule is Cc1cc(Cc2ccccc2Cl)cc([C@H]2CN(S(=O)(=O)N(C)C)CCO2)n1. The van der Waals surface area contributed by atoms with Crippen molar-refractivity contribution in [2.75, 3.05) is 33.8 Å². The standard InChI is InChI=1S/C19H24ClN3O3S/c1-14-10-15(11-16-6-4-5-7-17(16)20)12-18(21-14)19-13-23(8-9-26-19)27(24,25)22(2)3/h4-7,10,12,19H,8-9,11,13H2,1-3H3/t19-/m1/s1. The molecule has 1 fully saturated rings. The van der Waals surface area contributed by atoms with Gasteiger partial charge in [-0.3, -0.25) is 4.98 Å². The Kier molecular flexibility index (Phi) is 6.18. The van der Waals surface area contributed by atoms with Gasteiger partial charge in [0.2, 0.25) is 0 Å². The average Bonchev–Trinajstić information content (AvgIpc) is 2.63. The first-order valence-corrected chi connectivity index (χ1v) is 10.5. The summed E-state index contributed by atoms with van der Waals surface area (Å²) in [5.74, 6) is 0. The third kappa shape index (κ3) is 4.67. The van der Waals surface area contributed by atoms with Gasteiger partial charge in [-0.25, -0.2) is 0 Å². The molecule has 0 radical (unpaired) electrons. The van der Waals surface area contributed by atoms with Gasteiger partial charge in [-0.05, 0) is 42.7 Å². The predicted molar refractivity (Wildman–Crippen MR) is 106 cm³/mol. The van der Waals surface area contributed by atoms with E-state index in [0.29, 0.717) is 19.6 Å². The van der Waals surface area contributed by atoms with Crippen LogP contribution in [0.4, 0.5) is 0 Å². The molecule has 1 atom stereocenters. The summed E-state index contributed by atoms with van der Waals surface area (Å²) in [7, 11) is -0.406. The zero-order chi connectivity index (χ0) is 19.6. The lowest BCUT2D eigenvalue weighted by atomic mass is 10.0. The van der Waals surface area contributed by atoms with E-state index in [9.17, 15) is 8.42 Å². The number of morpholine rings is 1. The molecular weight excluding hydrogens is 386 g/mol. The Morgan fingerprint density at radius 2 is 2.04 bits per heavy atom. The zero-order valence-electron chi connectivity index (χ0n) is 15.7. The number of aromatic nitrogens is 1. The first kappa shape index (κ1) is 20.2. The minimum Gasteiger partial charge on any atom is -0.369 e. The van der Waals surface area contributed by atoms with Crippen LogP contribution in [0, 0.1) is 6.92 Å². The molecule has 2 heterocycles. The van der Waals surface area contributed by atoms with Crippen LogP contribution in [-0.2, 0) is 21.4 Å². The molecule has 0 spiro atoms. The lowest BCUT2D eigenvalue weighted by molar-refractivity contribution is -0.00633. The smallest absolute Gasteiger partial charge is 0.281 e. The second kappa shape index (κ2) is 8.24. The van der Waals surface area contributed by atoms with E-state index in [4.69, 9.17) is 16.3 Å². The van der Waals surface area contributed by atoms with Crippen molar-refractivity contribution < 1.29 is 13.2 Å². The maximum Gasteiger partial charge on any atom is 0.281 e. The van der Waals surface area contributed by atoms with Crippen molar-refractivity contribution in [2.45, 2.75) is 19.4 Å². The van der Waals surface area contributed by atoms with Crippen molar-refractivity contribution in [3.63, 3.8) is 0 Å². The monoisotopic (exact) mass is 409 g/mol. The number of halogens is 1. The zero-order valence-corrected chi connectivity index (χ0v) is 17.3. The molecule has 2 aromatic rings. The van der Waals surface area contributed by atoms with E-state index >= 15 is 0 Å². The molecule has 1 saturated heterocycles. The maximum absolute atomic E-state index is 12.4. The molecule has 0 unspecified atom stereocenters. The Balaban J connectivity index is 1.84. The Morgan fingerprint density at radius 3 is 2.74 bits per heavy atom. The van der Waals surface area contributed by atoms with Crippen LogP contribution < -0.4 is 0 Å². The van der Waals surface area contributed by atoms with Crippen LogP contribution in [0.15, 0.2) is 36.4 Å². The van der Waals surface area contributed by atoms with Crippen LogP contribution in [0.3, 0.4) is 0 Å². The van der Waals surface area contributed by atoms with Gasteiger partial charge in [-0.15, -0.1) is 0 Å². The normalized spacial score (nSPS) is 18.8. The summed E-state index contributed by atoms with van der Waals surface area (Å²) in [5.41, 5.74) is 3.72. The first-order valence-electron chi connectivity index (χ1n) is 8.77. The Morgan fingerprint density at radius 1 is 1.30 bits per heavy atom. The van der Waals surface area contributed by atoms with Crippen molar-refractivity contribution in [2.24, 2.45) is 0 Å². The summed E-state index contributed by atoms with van der Waals surface area (Å²) in [6.07, 6.45) is 0.293. The third-order valence-corrected chi connectivity index (χ3v) is 6.81. The van der Waals surface area contributed by atoms with E-state index in [0.717, 1.165) is 27.5 Å². The highest BCUT2D eigenvalue weighted by Crippen LogP contribution is 2.26. The second-order valence-corrected chi connectivity index (χ2v) is 9.37. The number of aryl methyl sites for hydroxylation is 1. The molecule has 8 heteroatoms. The first-order chi connectivity index (χ1) is 12.8. The summed E-state index contributed by atoms with van der Waals surface area (Å²) >= 11 is 6.28. The molecule has 6 nitrogen and oxygen atoms in total. The predicted octanol–water partition coefficient (Wildman–Crippen LogP) is 2.81. The van der Waals surface area contributed by atoms with Gasteiger partial charge in [0.25, 0.3) is 10.2 Å². The molecule has 3 rings (SSSR count). The number of benzene rings is 1. The molecule has 1 aliphatic heterocycles. The molecular formula is C19H24ClN3O3S. The van der Waals surface area contributed by atoms with Crippen LogP contribution in [0.25, 0.3) is 0 Å². The van der Waals surface area contributed by atoms with Crippen molar-refractivity contribution in [1.29, 1.82) is 0 Å². The summed E-state index contributed by atoms with van der Waals surface area (Å²) in [6.45, 7) is 2.86. The summed E-state index contributed by atoms with van der Waals surface area (Å²) in [4.78, 5) is 4.59. The second-order valence-electron chi connectivity index (χ2n) is 6.82. The van der Waals surface area contributed by atoms with Gasteiger partial charge in [-0.2, -0.15) is 17.0 Å². The number of nitrogens with zero attached hydrogens (tertiary/aromatic N) is 3. The minimum atomic E-state index is -3.47. The van der Waals surface area contributed by atoms with Crippen molar-refractivity contribution in [1.82, 2.24) is 13.6 Å². The highest BCUT2D eigenvalue weighted by Gasteiger charge is 2.32. The van der Waals surface area contributed by atoms with E-state index in [1.54, 1.807) is 0 Å². The van der Waals surface area contributed by atoms with Gasteiger partial charge in [0.1, 0.15) is 6.10 Å². The molecule has 0 saturated carbocycles. The third-order valence-electron chi connectivity index (χ3n) is 4.53. The van der Waals surface area contributed by atoms with Gasteiger partial charge in [0.15, 0.2) is 0 Å². The fourth-order valence-corrected chi connectivity index (χ4v) is 4.44. The largest absolute Gasteiger partial charge is 0.369 e. The molecule has 0 aliphatic carbocycles. The number of hydrogen-bond donors (Lipinski definition) is 0. The van der Waals surface area contributed by atoms with Crippen molar-refractivity contribution in [3.05, 3.63) is 63.9 Å². The molecule has 0 bridgehead atoms. The quantitative estimate of drug-likeness (QED) is 0.761. The van der Waals surface area contributed by atoms with Crippen molar-refractivity contribution >= 4 is 21.8 Å². The lowest BCUT2D eigenvalue weighted by Crippen LogP contribution is -2.47. The highest BCUT2D eigenvalue weighted by atomic mass is 35.5. The summed E-state index contributed by atoms with van der Waals surface area (Å²) < 4.78 is 33.4. The summed E-state index contributed by atoms with van der Waals surface area (Å²) in [6, 6.07) is 11.7. The molecule has 0 amide bonds. The fourth-order valence-electron chi connectivity index (χ4n) is 3.14. The topological polar surface area (TPSA) is 62.7 Å². The van der Waals surface area contributed by atoms with Gasteiger partial charge in [0, 0.05) is 37.9 Å². The lowest BCUT2D eigenvalue weighted by Gasteiger charge is -2.33. The Bertz CT molecular complexity index is 918. The van der Waals surface area contributed by atoms with Crippen LogP contribution in [0.1, 0.15) is 28.6 Å². The van der Waals surface area contributed by atoms with E-state index in [2.05, 4.69) is 4.98 Å². The summed E-state index contributed by atoms with van der Waals surface area (Å²) in [5, 5.41) is 0.727. The van der Waals surface area contributed by atoms with Crippen LogP contribution in [0.5, 0.6) is 0 Å². The van der Waals surface area contributed by atoms with Gasteiger partial charge in [0.05, 0.1) is 12.3 Å².